The number of amides is 1. The molecular formula is C16H28INO4. The second-order valence-electron chi connectivity index (χ2n) is 7.09. The molecule has 2 atom stereocenters. The zero-order valence-corrected chi connectivity index (χ0v) is 16.0. The van der Waals surface area contributed by atoms with Gasteiger partial charge in [-0.15, -0.1) is 0 Å². The number of alkyl halides is 1. The van der Waals surface area contributed by atoms with Crippen LogP contribution in [0.4, 0.5) is 4.79 Å². The molecule has 2 fully saturated rings. The largest absolute Gasteiger partial charge is 0.444 e. The number of hydrogen-bond acceptors (Lipinski definition) is 4. The monoisotopic (exact) mass is 425 g/mol. The van der Waals surface area contributed by atoms with Crippen molar-refractivity contribution in [3.63, 3.8) is 0 Å². The summed E-state index contributed by atoms with van der Waals surface area (Å²) in [5, 5.41) is 0. The highest BCUT2D eigenvalue weighted by atomic mass is 127. The SMILES string of the molecule is CC(C)(C)OC(=O)N1CC(I)C(OCCOC2CCCC2)C1. The van der Waals surface area contributed by atoms with E-state index >= 15 is 0 Å². The lowest BCUT2D eigenvalue weighted by Crippen LogP contribution is -2.36. The minimum atomic E-state index is -0.452. The molecule has 1 aliphatic carbocycles. The van der Waals surface area contributed by atoms with Gasteiger partial charge in [-0.25, -0.2) is 4.79 Å². The molecule has 0 aromatic rings. The molecule has 2 unspecified atom stereocenters. The Morgan fingerprint density at radius 1 is 1.14 bits per heavy atom. The normalized spacial score (nSPS) is 26.6. The van der Waals surface area contributed by atoms with E-state index in [0.717, 1.165) is 0 Å². The van der Waals surface area contributed by atoms with Gasteiger partial charge in [-0.2, -0.15) is 0 Å². The lowest BCUT2D eigenvalue weighted by atomic mass is 10.2. The van der Waals surface area contributed by atoms with Crippen molar-refractivity contribution < 1.29 is 19.0 Å². The van der Waals surface area contributed by atoms with Crippen LogP contribution in [-0.2, 0) is 14.2 Å². The summed E-state index contributed by atoms with van der Waals surface area (Å²) in [7, 11) is 0. The lowest BCUT2D eigenvalue weighted by Gasteiger charge is -2.24. The Balaban J connectivity index is 1.66. The van der Waals surface area contributed by atoms with Crippen LogP contribution in [-0.4, -0.2) is 59.0 Å². The number of likely N-dealkylation sites (tertiary alicyclic amines) is 1. The summed E-state index contributed by atoms with van der Waals surface area (Å²) >= 11 is 2.35. The van der Waals surface area contributed by atoms with Crippen molar-refractivity contribution in [1.29, 1.82) is 0 Å². The Bertz CT molecular complexity index is 366. The fraction of sp³-hybridized carbons (Fsp3) is 0.938. The van der Waals surface area contributed by atoms with Gasteiger partial charge in [0.2, 0.25) is 0 Å². The molecule has 6 heteroatoms. The second kappa shape index (κ2) is 8.15. The Labute approximate surface area is 147 Å². The van der Waals surface area contributed by atoms with Gasteiger partial charge in [-0.3, -0.25) is 0 Å². The van der Waals surface area contributed by atoms with E-state index in [1.165, 1.54) is 25.7 Å². The highest BCUT2D eigenvalue weighted by Gasteiger charge is 2.36. The number of halogens is 1. The van der Waals surface area contributed by atoms with Gasteiger partial charge >= 0.3 is 6.09 Å². The van der Waals surface area contributed by atoms with Crippen molar-refractivity contribution in [2.75, 3.05) is 26.3 Å². The van der Waals surface area contributed by atoms with Gasteiger partial charge in [-0.1, -0.05) is 35.4 Å². The van der Waals surface area contributed by atoms with Gasteiger partial charge in [0, 0.05) is 6.54 Å². The zero-order chi connectivity index (χ0) is 16.2. The highest BCUT2D eigenvalue weighted by molar-refractivity contribution is 14.1. The minimum absolute atomic E-state index is 0.0697. The van der Waals surface area contributed by atoms with E-state index in [2.05, 4.69) is 22.6 Å². The molecule has 0 spiro atoms. The first-order valence-electron chi connectivity index (χ1n) is 8.20. The van der Waals surface area contributed by atoms with Crippen LogP contribution >= 0.6 is 22.6 Å². The molecular weight excluding hydrogens is 397 g/mol. The van der Waals surface area contributed by atoms with Crippen molar-refractivity contribution in [2.24, 2.45) is 0 Å². The van der Waals surface area contributed by atoms with Crippen molar-refractivity contribution >= 4 is 28.7 Å². The van der Waals surface area contributed by atoms with Gasteiger partial charge in [0.05, 0.1) is 35.9 Å². The van der Waals surface area contributed by atoms with E-state index in [4.69, 9.17) is 14.2 Å². The summed E-state index contributed by atoms with van der Waals surface area (Å²) < 4.78 is 17.4. The molecule has 1 saturated carbocycles. The van der Waals surface area contributed by atoms with E-state index in [-0.39, 0.29) is 12.2 Å². The average molecular weight is 425 g/mol. The maximum Gasteiger partial charge on any atom is 0.410 e. The van der Waals surface area contributed by atoms with Crippen molar-refractivity contribution in [2.45, 2.75) is 68.2 Å². The smallest absolute Gasteiger partial charge is 0.410 e. The molecule has 5 nitrogen and oxygen atoms in total. The molecule has 1 amide bonds. The summed E-state index contributed by atoms with van der Waals surface area (Å²) in [6.07, 6.45) is 5.20. The first-order valence-corrected chi connectivity index (χ1v) is 9.45. The quantitative estimate of drug-likeness (QED) is 0.385. The Morgan fingerprint density at radius 3 is 2.41 bits per heavy atom. The molecule has 1 saturated heterocycles. The van der Waals surface area contributed by atoms with Crippen molar-refractivity contribution in [3.05, 3.63) is 0 Å². The van der Waals surface area contributed by atoms with E-state index in [9.17, 15) is 4.79 Å². The number of hydrogen-bond donors (Lipinski definition) is 0. The molecule has 0 aromatic carbocycles. The third kappa shape index (κ3) is 5.85. The number of ether oxygens (including phenoxy) is 3. The van der Waals surface area contributed by atoms with E-state index < -0.39 is 5.60 Å². The predicted molar refractivity (Wildman–Crippen MR) is 93.6 cm³/mol. The first-order chi connectivity index (χ1) is 10.3. The topological polar surface area (TPSA) is 48.0 Å². The summed E-state index contributed by atoms with van der Waals surface area (Å²) in [6.45, 7) is 8.19. The maximum atomic E-state index is 12.1. The standard InChI is InChI=1S/C16H28INO4/c1-16(2,3)22-15(19)18-10-13(17)14(11-18)21-9-8-20-12-6-4-5-7-12/h12-14H,4-11H2,1-3H3. The molecule has 0 radical (unpaired) electrons. The molecule has 1 heterocycles. The number of rotatable bonds is 5. The molecule has 0 N–H and O–H groups in total. The molecule has 0 aromatic heterocycles. The van der Waals surface area contributed by atoms with E-state index in [1.807, 2.05) is 20.8 Å². The second-order valence-corrected chi connectivity index (χ2v) is 8.69. The molecule has 22 heavy (non-hydrogen) atoms. The van der Waals surface area contributed by atoms with Gasteiger partial charge in [0.15, 0.2) is 0 Å². The molecule has 0 bridgehead atoms. The van der Waals surface area contributed by atoms with Crippen LogP contribution in [0.25, 0.3) is 0 Å². The summed E-state index contributed by atoms with van der Waals surface area (Å²) in [6, 6.07) is 0. The van der Waals surface area contributed by atoms with Gasteiger partial charge in [0.25, 0.3) is 0 Å². The fourth-order valence-electron chi connectivity index (χ4n) is 2.84. The lowest BCUT2D eigenvalue weighted by molar-refractivity contribution is -0.0167. The average Bonchev–Trinajstić information content (AvgIpc) is 3.03. The van der Waals surface area contributed by atoms with Crippen molar-refractivity contribution in [1.82, 2.24) is 4.90 Å². The van der Waals surface area contributed by atoms with Crippen LogP contribution in [0, 0.1) is 0 Å². The highest BCUT2D eigenvalue weighted by Crippen LogP contribution is 2.24. The van der Waals surface area contributed by atoms with Crippen LogP contribution in [0.3, 0.4) is 0 Å². The van der Waals surface area contributed by atoms with E-state index in [0.29, 0.717) is 36.3 Å². The third-order valence-electron chi connectivity index (χ3n) is 3.92. The number of carbonyl (C=O) groups excluding carboxylic acids is 1. The molecule has 1 aliphatic heterocycles. The van der Waals surface area contributed by atoms with Gasteiger partial charge in [0.1, 0.15) is 5.60 Å². The molecule has 128 valence electrons. The van der Waals surface area contributed by atoms with Crippen LogP contribution < -0.4 is 0 Å². The predicted octanol–water partition coefficient (Wildman–Crippen LogP) is 3.39. The van der Waals surface area contributed by atoms with Gasteiger partial charge in [-0.05, 0) is 33.6 Å². The summed E-state index contributed by atoms with van der Waals surface area (Å²) in [5.41, 5.74) is -0.452. The number of nitrogens with zero attached hydrogens (tertiary/aromatic N) is 1. The van der Waals surface area contributed by atoms with Crippen LogP contribution in [0.1, 0.15) is 46.5 Å². The summed E-state index contributed by atoms with van der Waals surface area (Å²) in [4.78, 5) is 13.8. The van der Waals surface area contributed by atoms with E-state index in [1.54, 1.807) is 4.90 Å². The van der Waals surface area contributed by atoms with Crippen LogP contribution in [0.5, 0.6) is 0 Å². The van der Waals surface area contributed by atoms with Crippen LogP contribution in [0.15, 0.2) is 0 Å². The fourth-order valence-corrected chi connectivity index (χ4v) is 3.75. The maximum absolute atomic E-state index is 12.1. The van der Waals surface area contributed by atoms with Crippen LogP contribution in [0.2, 0.25) is 0 Å². The Kier molecular flexibility index (Phi) is 6.76. The summed E-state index contributed by atoms with van der Waals surface area (Å²) in [5.74, 6) is 0. The Morgan fingerprint density at radius 2 is 1.77 bits per heavy atom. The number of carbonyl (C=O) groups is 1. The molecule has 2 rings (SSSR count). The van der Waals surface area contributed by atoms with Crippen molar-refractivity contribution in [3.8, 4) is 0 Å². The van der Waals surface area contributed by atoms with Gasteiger partial charge < -0.3 is 19.1 Å². The minimum Gasteiger partial charge on any atom is -0.444 e. The zero-order valence-electron chi connectivity index (χ0n) is 13.8. The first kappa shape index (κ1) is 18.3. The Hall–Kier alpha value is -0.0800. The third-order valence-corrected chi connectivity index (χ3v) is 5.12. The molecule has 2 aliphatic rings.